The van der Waals surface area contributed by atoms with Crippen LogP contribution in [0.25, 0.3) is 86.2 Å². The zero-order valence-electron chi connectivity index (χ0n) is 26.6. The van der Waals surface area contributed by atoms with Crippen molar-refractivity contribution in [2.24, 2.45) is 0 Å². The van der Waals surface area contributed by atoms with E-state index in [1.54, 1.807) is 0 Å². The Labute approximate surface area is 290 Å². The van der Waals surface area contributed by atoms with E-state index in [9.17, 15) is 0 Å². The van der Waals surface area contributed by atoms with E-state index in [0.717, 1.165) is 66.4 Å². The molecule has 234 valence electrons. The van der Waals surface area contributed by atoms with Crippen molar-refractivity contribution in [3.63, 3.8) is 0 Å². The Kier molecular flexibility index (Phi) is 5.80. The van der Waals surface area contributed by atoms with Gasteiger partial charge in [-0.1, -0.05) is 97.1 Å². The standard InChI is InChI=1S/C45H26N2O2S/c1-2-11-29(12-3-1)47(31-19-22-34-35-21-17-28-10-5-7-14-33(28)44(35)50-41(34)26-31)30-20-23-36-40(25-30)48-38-16-8-15-37(42(36)38)45-46-43-32-13-6-4-9-27(32)18-24-39(43)49-45/h1-26H. The minimum Gasteiger partial charge on any atom is -0.456 e. The van der Waals surface area contributed by atoms with E-state index < -0.39 is 0 Å². The number of nitrogens with zero attached hydrogens (tertiary/aromatic N) is 2. The quantitative estimate of drug-likeness (QED) is 0.189. The van der Waals surface area contributed by atoms with Crippen LogP contribution in [0, 0.1) is 0 Å². The number of hydrogen-bond donors (Lipinski definition) is 0. The molecule has 0 N–H and O–H groups in total. The van der Waals surface area contributed by atoms with E-state index in [2.05, 4.69) is 132 Å². The maximum absolute atomic E-state index is 6.58. The zero-order chi connectivity index (χ0) is 32.8. The SMILES string of the molecule is c1ccc(N(c2ccc3c(c2)oc2cccc(-c4nc5c(ccc6ccccc65)o4)c23)c2ccc3c(c2)sc2c4ccccc4ccc32)cc1. The molecule has 0 atom stereocenters. The molecule has 0 aliphatic carbocycles. The Morgan fingerprint density at radius 3 is 2.06 bits per heavy atom. The molecule has 0 unspecified atom stereocenters. The number of fused-ring (bicyclic) bond motifs is 11. The summed E-state index contributed by atoms with van der Waals surface area (Å²) in [6.45, 7) is 0. The van der Waals surface area contributed by atoms with Crippen molar-refractivity contribution in [2.45, 2.75) is 0 Å². The second-order valence-corrected chi connectivity index (χ2v) is 13.8. The molecule has 0 spiro atoms. The smallest absolute Gasteiger partial charge is 0.228 e. The van der Waals surface area contributed by atoms with Gasteiger partial charge in [0.1, 0.15) is 16.7 Å². The Morgan fingerprint density at radius 2 is 1.18 bits per heavy atom. The molecule has 0 saturated heterocycles. The number of para-hydroxylation sites is 1. The summed E-state index contributed by atoms with van der Waals surface area (Å²) in [7, 11) is 0. The molecule has 0 aliphatic rings. The third-order valence-electron chi connectivity index (χ3n) is 9.87. The van der Waals surface area contributed by atoms with Crippen LogP contribution < -0.4 is 4.90 Å². The largest absolute Gasteiger partial charge is 0.456 e. The summed E-state index contributed by atoms with van der Waals surface area (Å²) in [5.74, 6) is 0.587. The van der Waals surface area contributed by atoms with Gasteiger partial charge < -0.3 is 13.7 Å². The summed E-state index contributed by atoms with van der Waals surface area (Å²) in [5.41, 5.74) is 7.34. The third kappa shape index (κ3) is 4.08. The fraction of sp³-hybridized carbons (Fsp3) is 0. The lowest BCUT2D eigenvalue weighted by Crippen LogP contribution is -2.09. The van der Waals surface area contributed by atoms with Gasteiger partial charge in [-0.05, 0) is 70.8 Å². The van der Waals surface area contributed by atoms with Gasteiger partial charge in [0.05, 0.1) is 0 Å². The third-order valence-corrected chi connectivity index (χ3v) is 11.1. The lowest BCUT2D eigenvalue weighted by molar-refractivity contribution is 0.620. The lowest BCUT2D eigenvalue weighted by Gasteiger charge is -2.25. The van der Waals surface area contributed by atoms with E-state index in [1.165, 1.54) is 30.9 Å². The van der Waals surface area contributed by atoms with Gasteiger partial charge in [0.15, 0.2) is 5.58 Å². The van der Waals surface area contributed by atoms with Crippen LogP contribution in [0.5, 0.6) is 0 Å². The summed E-state index contributed by atoms with van der Waals surface area (Å²) in [6, 6.07) is 55.5. The van der Waals surface area contributed by atoms with Crippen molar-refractivity contribution in [2.75, 3.05) is 4.90 Å². The minimum absolute atomic E-state index is 0.587. The molecule has 0 saturated carbocycles. The summed E-state index contributed by atoms with van der Waals surface area (Å²) in [6.07, 6.45) is 0. The van der Waals surface area contributed by atoms with E-state index in [-0.39, 0.29) is 0 Å². The Hall–Kier alpha value is -6.43. The van der Waals surface area contributed by atoms with E-state index in [4.69, 9.17) is 13.8 Å². The molecule has 50 heavy (non-hydrogen) atoms. The number of furan rings is 1. The number of rotatable bonds is 4. The highest BCUT2D eigenvalue weighted by atomic mass is 32.1. The normalized spacial score (nSPS) is 12.0. The highest BCUT2D eigenvalue weighted by Gasteiger charge is 2.20. The lowest BCUT2D eigenvalue weighted by atomic mass is 10.0. The molecule has 0 radical (unpaired) electrons. The average molecular weight is 659 g/mol. The van der Waals surface area contributed by atoms with Gasteiger partial charge in [0, 0.05) is 65.0 Å². The van der Waals surface area contributed by atoms with Gasteiger partial charge in [-0.15, -0.1) is 11.3 Å². The topological polar surface area (TPSA) is 42.4 Å². The van der Waals surface area contributed by atoms with Gasteiger partial charge >= 0.3 is 0 Å². The number of oxazole rings is 1. The average Bonchev–Trinajstić information content (AvgIpc) is 3.88. The molecule has 0 fully saturated rings. The van der Waals surface area contributed by atoms with Crippen LogP contribution in [0.15, 0.2) is 167 Å². The molecule has 5 heteroatoms. The molecule has 11 rings (SSSR count). The van der Waals surface area contributed by atoms with E-state index >= 15 is 0 Å². The van der Waals surface area contributed by atoms with Crippen molar-refractivity contribution >= 4 is 103 Å². The highest BCUT2D eigenvalue weighted by molar-refractivity contribution is 7.26. The van der Waals surface area contributed by atoms with Crippen molar-refractivity contribution in [1.82, 2.24) is 4.98 Å². The Balaban J connectivity index is 1.07. The van der Waals surface area contributed by atoms with E-state index in [0.29, 0.717) is 5.89 Å². The molecule has 3 aromatic heterocycles. The molecule has 8 aromatic carbocycles. The monoisotopic (exact) mass is 658 g/mol. The number of aromatic nitrogens is 1. The van der Waals surface area contributed by atoms with Gasteiger partial charge in [0.2, 0.25) is 5.89 Å². The summed E-state index contributed by atoms with van der Waals surface area (Å²) < 4.78 is 15.6. The zero-order valence-corrected chi connectivity index (χ0v) is 27.4. The van der Waals surface area contributed by atoms with Gasteiger partial charge in [0.25, 0.3) is 0 Å². The molecule has 4 nitrogen and oxygen atoms in total. The predicted octanol–water partition coefficient (Wildman–Crippen LogP) is 13.5. The van der Waals surface area contributed by atoms with Crippen LogP contribution in [0.2, 0.25) is 0 Å². The predicted molar refractivity (Wildman–Crippen MR) is 209 cm³/mol. The summed E-state index contributed by atoms with van der Waals surface area (Å²) in [4.78, 5) is 7.32. The van der Waals surface area contributed by atoms with Crippen molar-refractivity contribution < 1.29 is 8.83 Å². The fourth-order valence-corrected chi connectivity index (χ4v) is 8.84. The molecule has 0 amide bonds. The van der Waals surface area contributed by atoms with Gasteiger partial charge in [-0.2, -0.15) is 0 Å². The van der Waals surface area contributed by atoms with Crippen LogP contribution in [0.3, 0.4) is 0 Å². The molecule has 0 bridgehead atoms. The molecular formula is C45H26N2O2S. The second-order valence-electron chi connectivity index (χ2n) is 12.7. The fourth-order valence-electron chi connectivity index (χ4n) is 7.56. The van der Waals surface area contributed by atoms with Crippen LogP contribution in [-0.4, -0.2) is 4.98 Å². The second kappa shape index (κ2) is 10.5. The first-order chi connectivity index (χ1) is 24.8. The van der Waals surface area contributed by atoms with Crippen LogP contribution in [-0.2, 0) is 0 Å². The van der Waals surface area contributed by atoms with Gasteiger partial charge in [-0.25, -0.2) is 4.98 Å². The molecule has 0 aliphatic heterocycles. The first-order valence-corrected chi connectivity index (χ1v) is 17.5. The molecular weight excluding hydrogens is 633 g/mol. The highest BCUT2D eigenvalue weighted by Crippen LogP contribution is 2.44. The van der Waals surface area contributed by atoms with Crippen LogP contribution in [0.1, 0.15) is 0 Å². The maximum Gasteiger partial charge on any atom is 0.228 e. The number of anilines is 3. The summed E-state index contributed by atoms with van der Waals surface area (Å²) in [5, 5.41) is 9.38. The number of hydrogen-bond acceptors (Lipinski definition) is 5. The summed E-state index contributed by atoms with van der Waals surface area (Å²) >= 11 is 1.86. The van der Waals surface area contributed by atoms with Gasteiger partial charge in [-0.3, -0.25) is 0 Å². The van der Waals surface area contributed by atoms with Crippen molar-refractivity contribution in [3.05, 3.63) is 158 Å². The Bertz CT molecular complexity index is 3120. The van der Waals surface area contributed by atoms with E-state index in [1.807, 2.05) is 41.7 Å². The molecule has 11 aromatic rings. The number of benzene rings is 8. The number of thiophene rings is 1. The minimum atomic E-state index is 0.587. The van der Waals surface area contributed by atoms with Crippen molar-refractivity contribution in [1.29, 1.82) is 0 Å². The van der Waals surface area contributed by atoms with Crippen molar-refractivity contribution in [3.8, 4) is 11.5 Å². The molecule has 3 heterocycles. The van der Waals surface area contributed by atoms with Crippen LogP contribution >= 0.6 is 11.3 Å². The Morgan fingerprint density at radius 1 is 0.460 bits per heavy atom. The maximum atomic E-state index is 6.58. The first-order valence-electron chi connectivity index (χ1n) is 16.7. The van der Waals surface area contributed by atoms with Crippen LogP contribution in [0.4, 0.5) is 17.1 Å². The first kappa shape index (κ1) is 27.5.